The molecular formula is C14H14N4O2. The van der Waals surface area contributed by atoms with E-state index in [2.05, 4.69) is 15.8 Å². The number of anilines is 2. The molecule has 0 radical (unpaired) electrons. The minimum Gasteiger partial charge on any atom is -0.367 e. The molecule has 0 aliphatic rings. The van der Waals surface area contributed by atoms with Crippen LogP contribution in [0.3, 0.4) is 0 Å². The summed E-state index contributed by atoms with van der Waals surface area (Å²) >= 11 is 0. The molecule has 0 spiro atoms. The highest BCUT2D eigenvalue weighted by Crippen LogP contribution is 2.10. The van der Waals surface area contributed by atoms with E-state index in [0.717, 1.165) is 5.76 Å². The Kier molecular flexibility index (Phi) is 4.35. The third kappa shape index (κ3) is 3.85. The van der Waals surface area contributed by atoms with E-state index in [4.69, 9.17) is 9.78 Å². The highest BCUT2D eigenvalue weighted by Gasteiger charge is 2.04. The maximum absolute atomic E-state index is 11.7. The second-order valence-electron chi connectivity index (χ2n) is 4.24. The highest BCUT2D eigenvalue weighted by molar-refractivity contribution is 5.91. The van der Waals surface area contributed by atoms with Gasteiger partial charge in [-0.25, -0.2) is 0 Å². The second-order valence-corrected chi connectivity index (χ2v) is 4.24. The summed E-state index contributed by atoms with van der Waals surface area (Å²) in [5.41, 5.74) is 1.23. The Morgan fingerprint density at radius 1 is 1.40 bits per heavy atom. The number of nitrogens with one attached hydrogen (secondary N) is 2. The van der Waals surface area contributed by atoms with E-state index in [1.807, 2.05) is 6.07 Å². The van der Waals surface area contributed by atoms with Gasteiger partial charge in [-0.1, -0.05) is 5.16 Å². The average Bonchev–Trinajstić information content (AvgIpc) is 2.85. The summed E-state index contributed by atoms with van der Waals surface area (Å²) in [4.78, 5) is 11.7. The zero-order chi connectivity index (χ0) is 14.4. The molecule has 0 unspecified atom stereocenters. The molecule has 0 saturated carbocycles. The van der Waals surface area contributed by atoms with Crippen LogP contribution in [0.4, 0.5) is 11.5 Å². The Balaban J connectivity index is 1.76. The fourth-order valence-electron chi connectivity index (χ4n) is 1.61. The molecule has 2 rings (SSSR count). The quantitative estimate of drug-likeness (QED) is 0.869. The number of carbonyl (C=O) groups excluding carboxylic acids is 1. The zero-order valence-electron chi connectivity index (χ0n) is 11.0. The van der Waals surface area contributed by atoms with Crippen LogP contribution >= 0.6 is 0 Å². The van der Waals surface area contributed by atoms with Crippen molar-refractivity contribution in [3.63, 3.8) is 0 Å². The molecule has 102 valence electrons. The van der Waals surface area contributed by atoms with Crippen molar-refractivity contribution in [1.82, 2.24) is 5.16 Å². The number of hydrogen-bond acceptors (Lipinski definition) is 5. The summed E-state index contributed by atoms with van der Waals surface area (Å²) in [5.74, 6) is 1.23. The van der Waals surface area contributed by atoms with Crippen LogP contribution in [0, 0.1) is 18.3 Å². The topological polar surface area (TPSA) is 91.0 Å². The van der Waals surface area contributed by atoms with Crippen molar-refractivity contribution in [3.8, 4) is 6.07 Å². The van der Waals surface area contributed by atoms with Crippen LogP contribution in [0.25, 0.3) is 0 Å². The van der Waals surface area contributed by atoms with Gasteiger partial charge in [0.2, 0.25) is 5.91 Å². The number of carbonyl (C=O) groups is 1. The summed E-state index contributed by atoms with van der Waals surface area (Å²) in [7, 11) is 0. The van der Waals surface area contributed by atoms with Gasteiger partial charge in [0.15, 0.2) is 5.82 Å². The lowest BCUT2D eigenvalue weighted by Crippen LogP contribution is -2.16. The van der Waals surface area contributed by atoms with Crippen molar-refractivity contribution in [2.75, 3.05) is 17.2 Å². The van der Waals surface area contributed by atoms with Crippen molar-refractivity contribution in [2.24, 2.45) is 0 Å². The number of aryl methyl sites for hydroxylation is 1. The number of rotatable bonds is 5. The van der Waals surface area contributed by atoms with Crippen LogP contribution < -0.4 is 10.6 Å². The van der Waals surface area contributed by atoms with Crippen LogP contribution in [0.1, 0.15) is 17.7 Å². The Hall–Kier alpha value is -2.81. The van der Waals surface area contributed by atoms with Gasteiger partial charge in [-0.3, -0.25) is 4.79 Å². The van der Waals surface area contributed by atoms with Crippen molar-refractivity contribution < 1.29 is 9.32 Å². The molecule has 1 amide bonds. The predicted octanol–water partition coefficient (Wildman–Crippen LogP) is 2.30. The Morgan fingerprint density at radius 2 is 2.15 bits per heavy atom. The molecule has 0 fully saturated rings. The lowest BCUT2D eigenvalue weighted by atomic mass is 10.2. The smallest absolute Gasteiger partial charge is 0.226 e. The first-order chi connectivity index (χ1) is 9.67. The van der Waals surface area contributed by atoms with E-state index in [9.17, 15) is 4.79 Å². The number of benzene rings is 1. The Bertz CT molecular complexity index is 625. The molecule has 1 aromatic heterocycles. The second kappa shape index (κ2) is 6.38. The molecule has 0 aliphatic heterocycles. The molecule has 2 aromatic rings. The van der Waals surface area contributed by atoms with Crippen LogP contribution in [-0.2, 0) is 4.79 Å². The first-order valence-corrected chi connectivity index (χ1v) is 6.14. The highest BCUT2D eigenvalue weighted by atomic mass is 16.5. The zero-order valence-corrected chi connectivity index (χ0v) is 11.0. The number of aromatic nitrogens is 1. The third-order valence-electron chi connectivity index (χ3n) is 2.58. The SMILES string of the molecule is Cc1cc(NCCC(=O)Nc2ccc(C#N)cc2)no1. The number of amides is 1. The largest absolute Gasteiger partial charge is 0.367 e. The van der Waals surface area contributed by atoms with Gasteiger partial charge < -0.3 is 15.2 Å². The van der Waals surface area contributed by atoms with E-state index in [0.29, 0.717) is 30.0 Å². The lowest BCUT2D eigenvalue weighted by molar-refractivity contribution is -0.115. The van der Waals surface area contributed by atoms with E-state index >= 15 is 0 Å². The van der Waals surface area contributed by atoms with Gasteiger partial charge in [0.1, 0.15) is 5.76 Å². The monoisotopic (exact) mass is 270 g/mol. The summed E-state index contributed by atoms with van der Waals surface area (Å²) in [6.07, 6.45) is 0.311. The minimum atomic E-state index is -0.109. The van der Waals surface area contributed by atoms with Gasteiger partial charge in [-0.05, 0) is 31.2 Å². The maximum atomic E-state index is 11.7. The molecule has 1 heterocycles. The number of nitriles is 1. The van der Waals surface area contributed by atoms with E-state index in [1.54, 1.807) is 37.3 Å². The molecule has 0 saturated heterocycles. The first kappa shape index (κ1) is 13.6. The summed E-state index contributed by atoms with van der Waals surface area (Å²) in [5, 5.41) is 18.2. The molecule has 20 heavy (non-hydrogen) atoms. The van der Waals surface area contributed by atoms with Gasteiger partial charge in [-0.2, -0.15) is 5.26 Å². The van der Waals surface area contributed by atoms with Gasteiger partial charge in [0, 0.05) is 24.7 Å². The van der Waals surface area contributed by atoms with Gasteiger partial charge >= 0.3 is 0 Å². The Morgan fingerprint density at radius 3 is 2.75 bits per heavy atom. The van der Waals surface area contributed by atoms with Crippen molar-refractivity contribution in [3.05, 3.63) is 41.7 Å². The molecule has 6 heteroatoms. The molecule has 0 bridgehead atoms. The van der Waals surface area contributed by atoms with Crippen LogP contribution in [0.2, 0.25) is 0 Å². The fraction of sp³-hybridized carbons (Fsp3) is 0.214. The van der Waals surface area contributed by atoms with E-state index < -0.39 is 0 Å². The Labute approximate surface area is 116 Å². The van der Waals surface area contributed by atoms with Gasteiger partial charge in [0.25, 0.3) is 0 Å². The molecule has 0 aliphatic carbocycles. The standard InChI is InChI=1S/C14H14N4O2/c1-10-8-13(18-20-10)16-7-6-14(19)17-12-4-2-11(9-15)3-5-12/h2-5,8H,6-7H2,1H3,(H,16,18)(H,17,19). The average molecular weight is 270 g/mol. The number of nitrogens with zero attached hydrogens (tertiary/aromatic N) is 2. The van der Waals surface area contributed by atoms with E-state index in [1.165, 1.54) is 0 Å². The third-order valence-corrected chi connectivity index (χ3v) is 2.58. The molecule has 1 aromatic carbocycles. The van der Waals surface area contributed by atoms with Crippen LogP contribution in [0.5, 0.6) is 0 Å². The fourth-order valence-corrected chi connectivity index (χ4v) is 1.61. The maximum Gasteiger partial charge on any atom is 0.226 e. The molecule has 2 N–H and O–H groups in total. The van der Waals surface area contributed by atoms with Crippen LogP contribution in [0.15, 0.2) is 34.9 Å². The summed E-state index contributed by atoms with van der Waals surface area (Å²) in [6.45, 7) is 2.27. The van der Waals surface area contributed by atoms with Gasteiger partial charge in [-0.15, -0.1) is 0 Å². The van der Waals surface area contributed by atoms with Crippen molar-refractivity contribution in [1.29, 1.82) is 5.26 Å². The first-order valence-electron chi connectivity index (χ1n) is 6.14. The molecule has 0 atom stereocenters. The van der Waals surface area contributed by atoms with Crippen molar-refractivity contribution >= 4 is 17.4 Å². The van der Waals surface area contributed by atoms with Crippen LogP contribution in [-0.4, -0.2) is 17.6 Å². The predicted molar refractivity (Wildman–Crippen MR) is 74.1 cm³/mol. The van der Waals surface area contributed by atoms with Crippen molar-refractivity contribution in [2.45, 2.75) is 13.3 Å². The lowest BCUT2D eigenvalue weighted by Gasteiger charge is -2.05. The van der Waals surface area contributed by atoms with E-state index in [-0.39, 0.29) is 5.91 Å². The normalized spacial score (nSPS) is 9.80. The molecular weight excluding hydrogens is 256 g/mol. The summed E-state index contributed by atoms with van der Waals surface area (Å²) < 4.78 is 4.90. The van der Waals surface area contributed by atoms with Gasteiger partial charge in [0.05, 0.1) is 11.6 Å². The number of hydrogen-bond donors (Lipinski definition) is 2. The summed E-state index contributed by atoms with van der Waals surface area (Å²) in [6, 6.07) is 10.5. The molecule has 6 nitrogen and oxygen atoms in total. The minimum absolute atomic E-state index is 0.109.